The van der Waals surface area contributed by atoms with E-state index in [4.69, 9.17) is 0 Å². The molecule has 4 nitrogen and oxygen atoms in total. The average molecular weight is 203 g/mol. The SMILES string of the molecule is Cc1ccc(Cn2ncn(C)c2=O)cc1. The fraction of sp³-hybridized carbons (Fsp3) is 0.273. The van der Waals surface area contributed by atoms with Crippen molar-refractivity contribution in [2.75, 3.05) is 0 Å². The molecular formula is C11H13N3O. The predicted octanol–water partition coefficient (Wildman–Crippen LogP) is 0.939. The summed E-state index contributed by atoms with van der Waals surface area (Å²) in [6.07, 6.45) is 1.52. The van der Waals surface area contributed by atoms with E-state index >= 15 is 0 Å². The number of aryl methyl sites for hydroxylation is 2. The van der Waals surface area contributed by atoms with Crippen LogP contribution in [0.25, 0.3) is 0 Å². The van der Waals surface area contributed by atoms with Crippen LogP contribution in [0.2, 0.25) is 0 Å². The van der Waals surface area contributed by atoms with Crippen LogP contribution >= 0.6 is 0 Å². The van der Waals surface area contributed by atoms with Crippen LogP contribution in [-0.4, -0.2) is 14.3 Å². The minimum absolute atomic E-state index is 0.0874. The van der Waals surface area contributed by atoms with Crippen molar-refractivity contribution in [3.63, 3.8) is 0 Å². The molecule has 0 fully saturated rings. The van der Waals surface area contributed by atoms with Crippen LogP contribution in [-0.2, 0) is 13.6 Å². The van der Waals surface area contributed by atoms with E-state index in [-0.39, 0.29) is 5.69 Å². The van der Waals surface area contributed by atoms with E-state index in [1.807, 2.05) is 31.2 Å². The Labute approximate surface area is 87.8 Å². The van der Waals surface area contributed by atoms with Gasteiger partial charge in [0.25, 0.3) is 0 Å². The second-order valence-corrected chi connectivity index (χ2v) is 3.67. The molecule has 0 radical (unpaired) electrons. The Morgan fingerprint density at radius 3 is 2.47 bits per heavy atom. The van der Waals surface area contributed by atoms with Gasteiger partial charge in [-0.1, -0.05) is 29.8 Å². The van der Waals surface area contributed by atoms with Crippen LogP contribution in [0.15, 0.2) is 35.4 Å². The Hall–Kier alpha value is -1.84. The van der Waals surface area contributed by atoms with Crippen molar-refractivity contribution in [2.45, 2.75) is 13.5 Å². The van der Waals surface area contributed by atoms with Crippen LogP contribution in [0.3, 0.4) is 0 Å². The van der Waals surface area contributed by atoms with Gasteiger partial charge in [-0.15, -0.1) is 0 Å². The normalized spacial score (nSPS) is 10.5. The molecule has 0 saturated heterocycles. The summed E-state index contributed by atoms with van der Waals surface area (Å²) in [7, 11) is 1.70. The molecule has 0 aliphatic rings. The van der Waals surface area contributed by atoms with Crippen LogP contribution in [0.5, 0.6) is 0 Å². The standard InChI is InChI=1S/C11H13N3O/c1-9-3-5-10(6-4-9)7-14-11(15)13(2)8-12-14/h3-6,8H,7H2,1-2H3. The Kier molecular flexibility index (Phi) is 2.41. The van der Waals surface area contributed by atoms with E-state index in [1.165, 1.54) is 21.1 Å². The zero-order chi connectivity index (χ0) is 10.8. The minimum Gasteiger partial charge on any atom is -0.285 e. The first-order valence-electron chi connectivity index (χ1n) is 4.81. The quantitative estimate of drug-likeness (QED) is 0.728. The highest BCUT2D eigenvalue weighted by atomic mass is 16.2. The first kappa shape index (κ1) is 9.71. The van der Waals surface area contributed by atoms with Crippen molar-refractivity contribution in [2.24, 2.45) is 7.05 Å². The van der Waals surface area contributed by atoms with Crippen molar-refractivity contribution < 1.29 is 0 Å². The third-order valence-electron chi connectivity index (χ3n) is 2.34. The molecule has 1 aromatic heterocycles. The zero-order valence-electron chi connectivity index (χ0n) is 8.84. The maximum absolute atomic E-state index is 11.5. The summed E-state index contributed by atoms with van der Waals surface area (Å²) in [6, 6.07) is 8.08. The fourth-order valence-electron chi connectivity index (χ4n) is 1.40. The van der Waals surface area contributed by atoms with Gasteiger partial charge >= 0.3 is 5.69 Å². The van der Waals surface area contributed by atoms with Crippen LogP contribution < -0.4 is 5.69 Å². The number of hydrogen-bond donors (Lipinski definition) is 0. The van der Waals surface area contributed by atoms with Gasteiger partial charge in [-0.3, -0.25) is 4.57 Å². The summed E-state index contributed by atoms with van der Waals surface area (Å²) in [4.78, 5) is 11.5. The first-order valence-corrected chi connectivity index (χ1v) is 4.81. The third kappa shape index (κ3) is 1.98. The topological polar surface area (TPSA) is 39.8 Å². The van der Waals surface area contributed by atoms with E-state index in [2.05, 4.69) is 5.10 Å². The summed E-state index contributed by atoms with van der Waals surface area (Å²) in [5, 5.41) is 4.00. The maximum atomic E-state index is 11.5. The van der Waals surface area contributed by atoms with E-state index in [0.29, 0.717) is 6.54 Å². The number of nitrogens with zero attached hydrogens (tertiary/aromatic N) is 3. The molecule has 0 spiro atoms. The van der Waals surface area contributed by atoms with Gasteiger partial charge in [0, 0.05) is 7.05 Å². The molecule has 0 aliphatic carbocycles. The lowest BCUT2D eigenvalue weighted by molar-refractivity contribution is 0.646. The van der Waals surface area contributed by atoms with Crippen molar-refractivity contribution >= 4 is 0 Å². The van der Waals surface area contributed by atoms with Crippen molar-refractivity contribution in [3.05, 3.63) is 52.2 Å². The van der Waals surface area contributed by atoms with Gasteiger partial charge in [-0.05, 0) is 12.5 Å². The van der Waals surface area contributed by atoms with Gasteiger partial charge < -0.3 is 0 Å². The smallest absolute Gasteiger partial charge is 0.285 e. The molecule has 15 heavy (non-hydrogen) atoms. The molecule has 0 atom stereocenters. The minimum atomic E-state index is -0.0874. The highest BCUT2D eigenvalue weighted by Gasteiger charge is 2.01. The van der Waals surface area contributed by atoms with Crippen molar-refractivity contribution in [3.8, 4) is 0 Å². The molecule has 0 saturated carbocycles. The average Bonchev–Trinajstić information content (AvgIpc) is 2.53. The Morgan fingerprint density at radius 2 is 1.93 bits per heavy atom. The number of benzene rings is 1. The Bertz CT molecular complexity index is 507. The summed E-state index contributed by atoms with van der Waals surface area (Å²) >= 11 is 0. The lowest BCUT2D eigenvalue weighted by Crippen LogP contribution is -2.23. The molecule has 0 unspecified atom stereocenters. The predicted molar refractivity (Wildman–Crippen MR) is 57.7 cm³/mol. The Balaban J connectivity index is 2.26. The molecule has 78 valence electrons. The monoisotopic (exact) mass is 203 g/mol. The largest absolute Gasteiger partial charge is 0.345 e. The molecule has 1 aromatic carbocycles. The van der Waals surface area contributed by atoms with E-state index in [0.717, 1.165) is 5.56 Å². The van der Waals surface area contributed by atoms with Crippen LogP contribution in [0, 0.1) is 6.92 Å². The second-order valence-electron chi connectivity index (χ2n) is 3.67. The van der Waals surface area contributed by atoms with Crippen LogP contribution in [0.4, 0.5) is 0 Å². The van der Waals surface area contributed by atoms with Crippen molar-refractivity contribution in [1.82, 2.24) is 14.3 Å². The van der Waals surface area contributed by atoms with E-state index in [9.17, 15) is 4.79 Å². The maximum Gasteiger partial charge on any atom is 0.345 e. The first-order chi connectivity index (χ1) is 7.16. The molecule has 0 aliphatic heterocycles. The molecule has 2 aromatic rings. The number of hydrogen-bond acceptors (Lipinski definition) is 2. The summed E-state index contributed by atoms with van der Waals surface area (Å²) in [5.41, 5.74) is 2.21. The summed E-state index contributed by atoms with van der Waals surface area (Å²) < 4.78 is 2.92. The molecule has 0 bridgehead atoms. The highest BCUT2D eigenvalue weighted by Crippen LogP contribution is 2.03. The lowest BCUT2D eigenvalue weighted by atomic mass is 10.1. The molecule has 0 N–H and O–H groups in total. The van der Waals surface area contributed by atoms with Crippen molar-refractivity contribution in [1.29, 1.82) is 0 Å². The molecule has 0 amide bonds. The second kappa shape index (κ2) is 3.73. The zero-order valence-corrected chi connectivity index (χ0v) is 8.84. The lowest BCUT2D eigenvalue weighted by Gasteiger charge is -2.00. The molecule has 2 rings (SSSR count). The van der Waals surface area contributed by atoms with Gasteiger partial charge in [0.2, 0.25) is 0 Å². The van der Waals surface area contributed by atoms with E-state index in [1.54, 1.807) is 7.05 Å². The van der Waals surface area contributed by atoms with E-state index < -0.39 is 0 Å². The number of aromatic nitrogens is 3. The van der Waals surface area contributed by atoms with Crippen LogP contribution in [0.1, 0.15) is 11.1 Å². The summed E-state index contributed by atoms with van der Waals surface area (Å²) in [5.74, 6) is 0. The number of rotatable bonds is 2. The Morgan fingerprint density at radius 1 is 1.27 bits per heavy atom. The van der Waals surface area contributed by atoms with Gasteiger partial charge in [0.1, 0.15) is 6.33 Å². The fourth-order valence-corrected chi connectivity index (χ4v) is 1.40. The summed E-state index contributed by atoms with van der Waals surface area (Å²) in [6.45, 7) is 2.57. The molecular weight excluding hydrogens is 190 g/mol. The molecule has 4 heteroatoms. The van der Waals surface area contributed by atoms with Gasteiger partial charge in [-0.2, -0.15) is 5.10 Å². The van der Waals surface area contributed by atoms with Gasteiger partial charge in [0.05, 0.1) is 6.54 Å². The highest BCUT2D eigenvalue weighted by molar-refractivity contribution is 5.21. The molecule has 1 heterocycles. The third-order valence-corrected chi connectivity index (χ3v) is 2.34. The van der Waals surface area contributed by atoms with Gasteiger partial charge in [0.15, 0.2) is 0 Å². The van der Waals surface area contributed by atoms with Gasteiger partial charge in [-0.25, -0.2) is 9.48 Å².